The number of aliphatic hydroxyl groups is 1. The van der Waals surface area contributed by atoms with Crippen LogP contribution in [-0.4, -0.2) is 23.0 Å². The number of nitrogens with one attached hydrogen (secondary N) is 1. The van der Waals surface area contributed by atoms with Gasteiger partial charge >= 0.3 is 6.18 Å². The van der Waals surface area contributed by atoms with Gasteiger partial charge in [0.1, 0.15) is 6.04 Å². The number of primary amides is 1. The zero-order valence-corrected chi connectivity index (χ0v) is 14.5. The van der Waals surface area contributed by atoms with Gasteiger partial charge in [-0.1, -0.05) is 42.0 Å². The molecule has 144 valence electrons. The van der Waals surface area contributed by atoms with E-state index in [1.165, 1.54) is 0 Å². The van der Waals surface area contributed by atoms with Gasteiger partial charge in [0.05, 0.1) is 5.56 Å². The van der Waals surface area contributed by atoms with E-state index in [1.54, 1.807) is 12.1 Å². The van der Waals surface area contributed by atoms with Crippen LogP contribution in [0.2, 0.25) is 0 Å². The minimum atomic E-state index is -4.52. The van der Waals surface area contributed by atoms with Crippen molar-refractivity contribution in [3.05, 3.63) is 70.8 Å². The highest BCUT2D eigenvalue weighted by Gasteiger charge is 2.31. The van der Waals surface area contributed by atoms with Gasteiger partial charge in [-0.15, -0.1) is 0 Å². The number of aryl methyl sites for hydroxylation is 1. The maximum absolute atomic E-state index is 12.6. The van der Waals surface area contributed by atoms with Gasteiger partial charge < -0.3 is 16.2 Å². The number of carbonyl (C=O) groups is 2. The van der Waals surface area contributed by atoms with Crippen molar-refractivity contribution in [2.24, 2.45) is 5.73 Å². The number of nitrogens with two attached hydrogens (primary N) is 1. The number of benzene rings is 2. The lowest BCUT2D eigenvalue weighted by atomic mass is 10.0. The van der Waals surface area contributed by atoms with Crippen molar-refractivity contribution in [2.75, 3.05) is 0 Å². The Morgan fingerprint density at radius 2 is 1.78 bits per heavy atom. The predicted octanol–water partition coefficient (Wildman–Crippen LogP) is 2.26. The molecule has 0 spiro atoms. The zero-order valence-electron chi connectivity index (χ0n) is 14.5. The second-order valence-corrected chi connectivity index (χ2v) is 6.18. The zero-order chi connectivity index (χ0) is 20.2. The number of hydrogen-bond donors (Lipinski definition) is 3. The lowest BCUT2D eigenvalue weighted by molar-refractivity contribution is -0.137. The summed E-state index contributed by atoms with van der Waals surface area (Å²) in [5, 5.41) is 12.4. The van der Waals surface area contributed by atoms with E-state index >= 15 is 0 Å². The van der Waals surface area contributed by atoms with E-state index in [1.807, 2.05) is 19.1 Å². The molecule has 0 aliphatic rings. The van der Waals surface area contributed by atoms with E-state index in [2.05, 4.69) is 5.32 Å². The average Bonchev–Trinajstić information content (AvgIpc) is 2.59. The maximum atomic E-state index is 12.6. The quantitative estimate of drug-likeness (QED) is 0.718. The van der Waals surface area contributed by atoms with E-state index in [0.717, 1.165) is 35.4 Å². The first-order chi connectivity index (χ1) is 12.6. The molecule has 0 saturated carbocycles. The largest absolute Gasteiger partial charge is 0.416 e. The Morgan fingerprint density at radius 3 is 2.30 bits per heavy atom. The average molecular weight is 380 g/mol. The van der Waals surface area contributed by atoms with Gasteiger partial charge in [0, 0.05) is 6.42 Å². The highest BCUT2D eigenvalue weighted by atomic mass is 19.4. The van der Waals surface area contributed by atoms with E-state index in [4.69, 9.17) is 5.73 Å². The molecule has 0 radical (unpaired) electrons. The summed E-state index contributed by atoms with van der Waals surface area (Å²) in [5.41, 5.74) is 6.13. The third-order valence-corrected chi connectivity index (χ3v) is 3.98. The number of amides is 2. The van der Waals surface area contributed by atoms with Crippen molar-refractivity contribution in [2.45, 2.75) is 31.7 Å². The third kappa shape index (κ3) is 5.55. The minimum Gasteiger partial charge on any atom is -0.378 e. The van der Waals surface area contributed by atoms with Crippen LogP contribution in [0.4, 0.5) is 13.2 Å². The van der Waals surface area contributed by atoms with Crippen LogP contribution < -0.4 is 11.1 Å². The molecule has 8 heteroatoms. The second-order valence-electron chi connectivity index (χ2n) is 6.18. The monoisotopic (exact) mass is 380 g/mol. The molecule has 0 bridgehead atoms. The molecule has 2 atom stereocenters. The molecular formula is C19H19F3N2O3. The molecule has 0 saturated heterocycles. The normalized spacial score (nSPS) is 13.7. The minimum absolute atomic E-state index is 0.0284. The maximum Gasteiger partial charge on any atom is 0.416 e. The van der Waals surface area contributed by atoms with E-state index in [9.17, 15) is 27.9 Å². The Morgan fingerprint density at radius 1 is 1.15 bits per heavy atom. The molecule has 0 aliphatic carbocycles. The fourth-order valence-electron chi connectivity index (χ4n) is 2.55. The van der Waals surface area contributed by atoms with E-state index in [0.29, 0.717) is 0 Å². The third-order valence-electron chi connectivity index (χ3n) is 3.98. The molecular weight excluding hydrogens is 361 g/mol. The van der Waals surface area contributed by atoms with Crippen LogP contribution >= 0.6 is 0 Å². The molecule has 5 nitrogen and oxygen atoms in total. The molecule has 2 amide bonds. The second kappa shape index (κ2) is 8.22. The molecule has 0 heterocycles. The number of hydrogen-bond acceptors (Lipinski definition) is 3. The summed E-state index contributed by atoms with van der Waals surface area (Å²) < 4.78 is 37.7. The summed E-state index contributed by atoms with van der Waals surface area (Å²) in [6, 6.07) is 9.74. The van der Waals surface area contributed by atoms with Crippen molar-refractivity contribution in [1.29, 1.82) is 0 Å². The number of alkyl halides is 3. The van der Waals surface area contributed by atoms with Crippen molar-refractivity contribution >= 4 is 11.8 Å². The number of aliphatic hydroxyl groups excluding tert-OH is 1. The van der Waals surface area contributed by atoms with E-state index < -0.39 is 35.7 Å². The van der Waals surface area contributed by atoms with Crippen LogP contribution in [0.1, 0.15) is 28.4 Å². The molecule has 0 aliphatic heterocycles. The van der Waals surface area contributed by atoms with Crippen LogP contribution in [0.25, 0.3) is 0 Å². The summed E-state index contributed by atoms with van der Waals surface area (Å²) in [4.78, 5) is 23.8. The Kier molecular flexibility index (Phi) is 6.22. The molecule has 2 aromatic carbocycles. The van der Waals surface area contributed by atoms with Gasteiger partial charge in [0.25, 0.3) is 5.91 Å². The van der Waals surface area contributed by atoms with Crippen molar-refractivity contribution in [3.63, 3.8) is 0 Å². The lowest BCUT2D eigenvalue weighted by Crippen LogP contribution is -2.47. The summed E-state index contributed by atoms with van der Waals surface area (Å²) in [6.07, 6.45) is -6.12. The van der Waals surface area contributed by atoms with Crippen molar-refractivity contribution < 1.29 is 27.9 Å². The molecule has 0 unspecified atom stereocenters. The van der Waals surface area contributed by atoms with Gasteiger partial charge in [-0.05, 0) is 30.2 Å². The lowest BCUT2D eigenvalue weighted by Gasteiger charge is -2.19. The van der Waals surface area contributed by atoms with Gasteiger partial charge in [-0.3, -0.25) is 9.59 Å². The number of halogens is 3. The van der Waals surface area contributed by atoms with Crippen LogP contribution in [0.15, 0.2) is 48.5 Å². The van der Waals surface area contributed by atoms with Crippen molar-refractivity contribution in [1.82, 2.24) is 5.32 Å². The van der Waals surface area contributed by atoms with Crippen LogP contribution in [-0.2, 0) is 22.2 Å². The Balaban J connectivity index is 2.09. The standard InChI is InChI=1S/C19H19F3N2O3/c1-11-3-2-4-12(9-11)10-15(17(23)26)24-18(27)16(25)13-5-7-14(8-6-13)19(20,21)22/h2-9,15-16,25H,10H2,1H3,(H2,23,26)(H,24,27)/t15-,16-/m1/s1. The van der Waals surface area contributed by atoms with Gasteiger partial charge in [0.15, 0.2) is 6.10 Å². The first kappa shape index (κ1) is 20.4. The van der Waals surface area contributed by atoms with Gasteiger partial charge in [-0.25, -0.2) is 0 Å². The van der Waals surface area contributed by atoms with Crippen LogP contribution in [0, 0.1) is 6.92 Å². The number of rotatable bonds is 6. The smallest absolute Gasteiger partial charge is 0.378 e. The summed E-state index contributed by atoms with van der Waals surface area (Å²) in [6.45, 7) is 1.87. The highest BCUT2D eigenvalue weighted by Crippen LogP contribution is 2.30. The Hall–Kier alpha value is -2.87. The molecule has 0 aromatic heterocycles. The van der Waals surface area contributed by atoms with E-state index in [-0.39, 0.29) is 12.0 Å². The molecule has 27 heavy (non-hydrogen) atoms. The summed E-state index contributed by atoms with van der Waals surface area (Å²) in [5.74, 6) is -1.71. The van der Waals surface area contributed by atoms with Crippen molar-refractivity contribution in [3.8, 4) is 0 Å². The summed E-state index contributed by atoms with van der Waals surface area (Å²) >= 11 is 0. The Labute approximate surface area is 154 Å². The fourth-order valence-corrected chi connectivity index (χ4v) is 2.55. The predicted molar refractivity (Wildman–Crippen MR) is 92.4 cm³/mol. The van der Waals surface area contributed by atoms with Gasteiger partial charge in [-0.2, -0.15) is 13.2 Å². The van der Waals surface area contributed by atoms with Crippen LogP contribution in [0.5, 0.6) is 0 Å². The first-order valence-electron chi connectivity index (χ1n) is 8.08. The molecule has 4 N–H and O–H groups in total. The molecule has 0 fully saturated rings. The topological polar surface area (TPSA) is 92.4 Å². The fraction of sp³-hybridized carbons (Fsp3) is 0.263. The number of carbonyl (C=O) groups excluding carboxylic acids is 2. The first-order valence-corrected chi connectivity index (χ1v) is 8.08. The Bertz CT molecular complexity index is 820. The summed E-state index contributed by atoms with van der Waals surface area (Å²) in [7, 11) is 0. The van der Waals surface area contributed by atoms with Crippen LogP contribution in [0.3, 0.4) is 0 Å². The highest BCUT2D eigenvalue weighted by molar-refractivity contribution is 5.89. The molecule has 2 rings (SSSR count). The molecule has 2 aromatic rings. The van der Waals surface area contributed by atoms with Gasteiger partial charge in [0.2, 0.25) is 5.91 Å². The SMILES string of the molecule is Cc1cccc(C[C@@H](NC(=O)[C@H](O)c2ccc(C(F)(F)F)cc2)C(N)=O)c1.